The summed E-state index contributed by atoms with van der Waals surface area (Å²) in [7, 11) is 0. The Kier molecular flexibility index (Phi) is 2.62. The van der Waals surface area contributed by atoms with E-state index in [1.807, 2.05) is 0 Å². The summed E-state index contributed by atoms with van der Waals surface area (Å²) in [6.45, 7) is 0. The standard InChI is InChI=1S/C12H18O2/c13-11(14)12(8-4-5-9-12)10-6-2-1-3-7-10/h2,6,10H,1,3-5,7-9H2,(H,13,14). The van der Waals surface area contributed by atoms with Crippen LogP contribution in [0.5, 0.6) is 0 Å². The third-order valence-corrected chi connectivity index (χ3v) is 3.89. The molecule has 2 rings (SSSR count). The lowest BCUT2D eigenvalue weighted by Gasteiger charge is -2.33. The van der Waals surface area contributed by atoms with E-state index < -0.39 is 11.4 Å². The molecule has 1 saturated carbocycles. The Morgan fingerprint density at radius 3 is 2.50 bits per heavy atom. The van der Waals surface area contributed by atoms with Crippen molar-refractivity contribution in [2.75, 3.05) is 0 Å². The van der Waals surface area contributed by atoms with Gasteiger partial charge in [0, 0.05) is 0 Å². The van der Waals surface area contributed by atoms with Gasteiger partial charge in [0.1, 0.15) is 0 Å². The van der Waals surface area contributed by atoms with Gasteiger partial charge in [0.25, 0.3) is 0 Å². The van der Waals surface area contributed by atoms with Gasteiger partial charge in [0.05, 0.1) is 5.41 Å². The van der Waals surface area contributed by atoms with Crippen LogP contribution in [0.3, 0.4) is 0 Å². The molecule has 14 heavy (non-hydrogen) atoms. The molecule has 1 unspecified atom stereocenters. The van der Waals surface area contributed by atoms with Crippen molar-refractivity contribution >= 4 is 5.97 Å². The number of allylic oxidation sites excluding steroid dienone is 2. The van der Waals surface area contributed by atoms with Gasteiger partial charge in [-0.2, -0.15) is 0 Å². The summed E-state index contributed by atoms with van der Waals surface area (Å²) in [5, 5.41) is 9.38. The first-order valence-electron chi connectivity index (χ1n) is 5.66. The highest BCUT2D eigenvalue weighted by atomic mass is 16.4. The van der Waals surface area contributed by atoms with Crippen molar-refractivity contribution in [3.05, 3.63) is 12.2 Å². The SMILES string of the molecule is O=C(O)C1(C2C=CCCC2)CCCC1. The number of carboxylic acids is 1. The van der Waals surface area contributed by atoms with Crippen LogP contribution in [0.15, 0.2) is 12.2 Å². The molecule has 0 bridgehead atoms. The average molecular weight is 194 g/mol. The van der Waals surface area contributed by atoms with Crippen LogP contribution < -0.4 is 0 Å². The van der Waals surface area contributed by atoms with E-state index in [2.05, 4.69) is 12.2 Å². The molecule has 0 aromatic carbocycles. The second kappa shape index (κ2) is 3.76. The van der Waals surface area contributed by atoms with Gasteiger partial charge in [-0.1, -0.05) is 25.0 Å². The molecule has 0 aliphatic heterocycles. The molecule has 0 aromatic heterocycles. The molecule has 0 saturated heterocycles. The second-order valence-corrected chi connectivity index (χ2v) is 4.63. The molecular formula is C12H18O2. The summed E-state index contributed by atoms with van der Waals surface area (Å²) in [6, 6.07) is 0. The first-order chi connectivity index (χ1) is 6.76. The lowest BCUT2D eigenvalue weighted by atomic mass is 9.70. The molecule has 0 aromatic rings. The van der Waals surface area contributed by atoms with Gasteiger partial charge in [-0.3, -0.25) is 4.79 Å². The number of aliphatic carboxylic acids is 1. The molecule has 0 spiro atoms. The zero-order valence-electron chi connectivity index (χ0n) is 8.54. The smallest absolute Gasteiger partial charge is 0.310 e. The molecule has 0 heterocycles. The highest BCUT2D eigenvalue weighted by Crippen LogP contribution is 2.48. The molecule has 2 aliphatic rings. The van der Waals surface area contributed by atoms with Crippen LogP contribution in [0.1, 0.15) is 44.9 Å². The Bertz CT molecular complexity index is 249. The summed E-state index contributed by atoms with van der Waals surface area (Å²) >= 11 is 0. The van der Waals surface area contributed by atoms with E-state index in [4.69, 9.17) is 0 Å². The maximum absolute atomic E-state index is 11.4. The number of rotatable bonds is 2. The highest BCUT2D eigenvalue weighted by Gasteiger charge is 2.46. The predicted octanol–water partition coefficient (Wildman–Crippen LogP) is 2.99. The van der Waals surface area contributed by atoms with Crippen molar-refractivity contribution in [2.24, 2.45) is 11.3 Å². The maximum atomic E-state index is 11.4. The number of hydrogen-bond donors (Lipinski definition) is 1. The van der Waals surface area contributed by atoms with Gasteiger partial charge in [-0.05, 0) is 38.0 Å². The third kappa shape index (κ3) is 1.47. The van der Waals surface area contributed by atoms with E-state index in [-0.39, 0.29) is 0 Å². The predicted molar refractivity (Wildman–Crippen MR) is 55.0 cm³/mol. The van der Waals surface area contributed by atoms with Crippen molar-refractivity contribution in [3.63, 3.8) is 0 Å². The van der Waals surface area contributed by atoms with Gasteiger partial charge in [0.15, 0.2) is 0 Å². The number of carbonyl (C=O) groups is 1. The van der Waals surface area contributed by atoms with E-state index in [9.17, 15) is 9.90 Å². The quantitative estimate of drug-likeness (QED) is 0.686. The van der Waals surface area contributed by atoms with Crippen LogP contribution in [0.25, 0.3) is 0 Å². The lowest BCUT2D eigenvalue weighted by molar-refractivity contribution is -0.151. The van der Waals surface area contributed by atoms with E-state index in [1.165, 1.54) is 0 Å². The maximum Gasteiger partial charge on any atom is 0.310 e. The fraction of sp³-hybridized carbons (Fsp3) is 0.750. The van der Waals surface area contributed by atoms with Gasteiger partial charge in [-0.15, -0.1) is 0 Å². The van der Waals surface area contributed by atoms with Gasteiger partial charge in [0.2, 0.25) is 0 Å². The summed E-state index contributed by atoms with van der Waals surface area (Å²) in [5.74, 6) is -0.261. The monoisotopic (exact) mass is 194 g/mol. The summed E-state index contributed by atoms with van der Waals surface area (Å²) in [4.78, 5) is 11.4. The van der Waals surface area contributed by atoms with E-state index in [1.54, 1.807) is 0 Å². The molecule has 1 atom stereocenters. The molecule has 0 radical (unpaired) electrons. The minimum atomic E-state index is -0.563. The highest BCUT2D eigenvalue weighted by molar-refractivity contribution is 5.75. The van der Waals surface area contributed by atoms with E-state index in [0.717, 1.165) is 44.9 Å². The van der Waals surface area contributed by atoms with Crippen molar-refractivity contribution in [3.8, 4) is 0 Å². The normalized spacial score (nSPS) is 30.4. The number of carboxylic acid groups (broad SMARTS) is 1. The molecule has 2 nitrogen and oxygen atoms in total. The largest absolute Gasteiger partial charge is 0.481 e. The fourth-order valence-electron chi connectivity index (χ4n) is 3.02. The molecule has 78 valence electrons. The molecule has 2 heteroatoms. The first kappa shape index (κ1) is 9.75. The summed E-state index contributed by atoms with van der Waals surface area (Å²) in [6.07, 6.45) is 11.6. The Balaban J connectivity index is 2.21. The minimum Gasteiger partial charge on any atom is -0.481 e. The molecular weight excluding hydrogens is 176 g/mol. The molecule has 1 N–H and O–H groups in total. The van der Waals surface area contributed by atoms with E-state index in [0.29, 0.717) is 5.92 Å². The lowest BCUT2D eigenvalue weighted by Crippen LogP contribution is -2.35. The van der Waals surface area contributed by atoms with Crippen LogP contribution in [0.2, 0.25) is 0 Å². The molecule has 0 amide bonds. The van der Waals surface area contributed by atoms with Crippen LogP contribution in [-0.4, -0.2) is 11.1 Å². The van der Waals surface area contributed by atoms with Crippen LogP contribution in [0.4, 0.5) is 0 Å². The summed E-state index contributed by atoms with van der Waals surface area (Å²) < 4.78 is 0. The Labute approximate surface area is 85.0 Å². The first-order valence-corrected chi connectivity index (χ1v) is 5.66. The Morgan fingerprint density at radius 1 is 1.29 bits per heavy atom. The molecule has 1 fully saturated rings. The van der Waals surface area contributed by atoms with Crippen molar-refractivity contribution in [1.82, 2.24) is 0 Å². The van der Waals surface area contributed by atoms with Crippen molar-refractivity contribution in [1.29, 1.82) is 0 Å². The average Bonchev–Trinajstić information content (AvgIpc) is 2.69. The number of hydrogen-bond acceptors (Lipinski definition) is 1. The van der Waals surface area contributed by atoms with Gasteiger partial charge in [-0.25, -0.2) is 0 Å². The van der Waals surface area contributed by atoms with Crippen LogP contribution in [0, 0.1) is 11.3 Å². The second-order valence-electron chi connectivity index (χ2n) is 4.63. The van der Waals surface area contributed by atoms with Gasteiger partial charge >= 0.3 is 5.97 Å². The minimum absolute atomic E-state index is 0.302. The van der Waals surface area contributed by atoms with Crippen molar-refractivity contribution < 1.29 is 9.90 Å². The Morgan fingerprint density at radius 2 is 2.00 bits per heavy atom. The van der Waals surface area contributed by atoms with Gasteiger partial charge < -0.3 is 5.11 Å². The van der Waals surface area contributed by atoms with Crippen LogP contribution >= 0.6 is 0 Å². The summed E-state index contributed by atoms with van der Waals surface area (Å²) in [5.41, 5.74) is -0.406. The zero-order valence-corrected chi connectivity index (χ0v) is 8.54. The van der Waals surface area contributed by atoms with Crippen molar-refractivity contribution in [2.45, 2.75) is 44.9 Å². The van der Waals surface area contributed by atoms with Crippen LogP contribution in [-0.2, 0) is 4.79 Å². The Hall–Kier alpha value is -0.790. The fourth-order valence-corrected chi connectivity index (χ4v) is 3.02. The molecule has 2 aliphatic carbocycles. The topological polar surface area (TPSA) is 37.3 Å². The van der Waals surface area contributed by atoms with E-state index >= 15 is 0 Å². The zero-order chi connectivity index (χ0) is 10.0. The third-order valence-electron chi connectivity index (χ3n) is 3.89.